The van der Waals surface area contributed by atoms with Crippen LogP contribution in [-0.4, -0.2) is 39.7 Å². The van der Waals surface area contributed by atoms with Gasteiger partial charge in [0.1, 0.15) is 5.75 Å². The van der Waals surface area contributed by atoms with Crippen molar-refractivity contribution in [2.45, 2.75) is 12.5 Å². The number of hydrogen-bond acceptors (Lipinski definition) is 3. The van der Waals surface area contributed by atoms with Gasteiger partial charge in [0.2, 0.25) is 0 Å². The Hall–Kier alpha value is -1.75. The molecule has 1 fully saturated rings. The van der Waals surface area contributed by atoms with Crippen molar-refractivity contribution in [2.24, 2.45) is 0 Å². The van der Waals surface area contributed by atoms with Crippen LogP contribution in [-0.2, 0) is 0 Å². The fourth-order valence-corrected chi connectivity index (χ4v) is 2.59. The second kappa shape index (κ2) is 3.63. The number of rotatable bonds is 1. The second-order valence-electron chi connectivity index (χ2n) is 4.71. The fraction of sp³-hybridized carbons (Fsp3) is 0.417. The summed E-state index contributed by atoms with van der Waals surface area (Å²) in [6.07, 6.45) is 0.971. The third-order valence-electron chi connectivity index (χ3n) is 3.43. The van der Waals surface area contributed by atoms with Crippen molar-refractivity contribution in [1.82, 2.24) is 14.5 Å². The quantitative estimate of drug-likeness (QED) is 0.769. The van der Waals surface area contributed by atoms with Crippen LogP contribution in [0.5, 0.6) is 5.75 Å². The second-order valence-corrected chi connectivity index (χ2v) is 4.71. The van der Waals surface area contributed by atoms with Gasteiger partial charge in [0.25, 0.3) is 0 Å². The average Bonchev–Trinajstić information content (AvgIpc) is 2.81. The number of phenols is 1. The molecule has 1 atom stereocenters. The van der Waals surface area contributed by atoms with Crippen molar-refractivity contribution in [2.75, 3.05) is 20.1 Å². The van der Waals surface area contributed by atoms with Gasteiger partial charge in [-0.05, 0) is 32.1 Å². The van der Waals surface area contributed by atoms with Crippen molar-refractivity contribution in [3.05, 3.63) is 28.7 Å². The number of H-pyrrole nitrogens is 1. The first kappa shape index (κ1) is 10.4. The lowest BCUT2D eigenvalue weighted by atomic mass is 10.2. The maximum Gasteiger partial charge on any atom is 0.326 e. The largest absolute Gasteiger partial charge is 0.508 e. The van der Waals surface area contributed by atoms with E-state index >= 15 is 0 Å². The van der Waals surface area contributed by atoms with E-state index in [4.69, 9.17) is 0 Å². The van der Waals surface area contributed by atoms with Gasteiger partial charge in [-0.3, -0.25) is 4.57 Å². The summed E-state index contributed by atoms with van der Waals surface area (Å²) in [5, 5.41) is 9.52. The van der Waals surface area contributed by atoms with Crippen molar-refractivity contribution in [3.8, 4) is 5.75 Å². The number of likely N-dealkylation sites (N-methyl/N-ethyl adjacent to an activating group) is 1. The summed E-state index contributed by atoms with van der Waals surface area (Å²) in [6.45, 7) is 1.88. The topological polar surface area (TPSA) is 61.3 Å². The summed E-state index contributed by atoms with van der Waals surface area (Å²) in [4.78, 5) is 17.0. The Morgan fingerprint density at radius 3 is 3.00 bits per heavy atom. The van der Waals surface area contributed by atoms with E-state index < -0.39 is 0 Å². The predicted molar refractivity (Wildman–Crippen MR) is 65.4 cm³/mol. The summed E-state index contributed by atoms with van der Waals surface area (Å²) < 4.78 is 1.76. The molecule has 90 valence electrons. The zero-order chi connectivity index (χ0) is 12.0. The average molecular weight is 233 g/mol. The lowest BCUT2D eigenvalue weighted by Crippen LogP contribution is -2.24. The highest BCUT2D eigenvalue weighted by Gasteiger charge is 2.24. The third kappa shape index (κ3) is 1.63. The molecule has 0 radical (unpaired) electrons. The molecule has 5 nitrogen and oxygen atoms in total. The molecule has 0 spiro atoms. The molecule has 1 aliphatic rings. The van der Waals surface area contributed by atoms with Gasteiger partial charge in [-0.25, -0.2) is 4.79 Å². The van der Waals surface area contributed by atoms with Crippen molar-refractivity contribution in [3.63, 3.8) is 0 Å². The smallest absolute Gasteiger partial charge is 0.326 e. The number of benzene rings is 1. The normalized spacial score (nSPS) is 21.4. The summed E-state index contributed by atoms with van der Waals surface area (Å²) >= 11 is 0. The van der Waals surface area contributed by atoms with Gasteiger partial charge in [-0.2, -0.15) is 0 Å². The van der Waals surface area contributed by atoms with Crippen LogP contribution in [0.1, 0.15) is 12.5 Å². The van der Waals surface area contributed by atoms with Gasteiger partial charge in [-0.15, -0.1) is 0 Å². The van der Waals surface area contributed by atoms with E-state index in [1.807, 2.05) is 0 Å². The van der Waals surface area contributed by atoms with Crippen LogP contribution < -0.4 is 5.69 Å². The minimum atomic E-state index is -0.0918. The lowest BCUT2D eigenvalue weighted by Gasteiger charge is -2.12. The number of nitrogens with zero attached hydrogens (tertiary/aromatic N) is 2. The maximum absolute atomic E-state index is 12.0. The van der Waals surface area contributed by atoms with E-state index in [0.29, 0.717) is 0 Å². The molecule has 1 aromatic heterocycles. The minimum Gasteiger partial charge on any atom is -0.508 e. The van der Waals surface area contributed by atoms with Crippen molar-refractivity contribution >= 4 is 11.0 Å². The van der Waals surface area contributed by atoms with Crippen molar-refractivity contribution in [1.29, 1.82) is 0 Å². The Morgan fingerprint density at radius 1 is 1.47 bits per heavy atom. The Kier molecular flexibility index (Phi) is 2.22. The molecule has 2 N–H and O–H groups in total. The zero-order valence-electron chi connectivity index (χ0n) is 9.68. The number of phenolic OH excluding ortho intramolecular Hbond substituents is 1. The highest BCUT2D eigenvalue weighted by atomic mass is 16.3. The fourth-order valence-electron chi connectivity index (χ4n) is 2.59. The van der Waals surface area contributed by atoms with Crippen molar-refractivity contribution < 1.29 is 5.11 Å². The van der Waals surface area contributed by atoms with Gasteiger partial charge in [0.05, 0.1) is 17.1 Å². The molecule has 1 aliphatic heterocycles. The number of nitrogens with one attached hydrogen (secondary N) is 1. The minimum absolute atomic E-state index is 0.0918. The lowest BCUT2D eigenvalue weighted by molar-refractivity contribution is 0.392. The van der Waals surface area contributed by atoms with E-state index in [1.165, 1.54) is 0 Å². The van der Waals surface area contributed by atoms with Gasteiger partial charge in [0.15, 0.2) is 0 Å². The van der Waals surface area contributed by atoms with Crippen LogP contribution >= 0.6 is 0 Å². The number of fused-ring (bicyclic) bond motifs is 1. The summed E-state index contributed by atoms with van der Waals surface area (Å²) in [6, 6.07) is 5.17. The molecule has 1 unspecified atom stereocenters. The molecule has 0 saturated carbocycles. The first-order chi connectivity index (χ1) is 8.15. The number of aromatic nitrogens is 2. The predicted octanol–water partition coefficient (Wildman–Crippen LogP) is 0.912. The van der Waals surface area contributed by atoms with Crippen LogP contribution in [0.4, 0.5) is 0 Å². The van der Waals surface area contributed by atoms with Gasteiger partial charge < -0.3 is 15.0 Å². The Balaban J connectivity index is 2.17. The molecular weight excluding hydrogens is 218 g/mol. The molecule has 2 heterocycles. The highest BCUT2D eigenvalue weighted by molar-refractivity contribution is 5.77. The number of hydrogen-bond donors (Lipinski definition) is 2. The van der Waals surface area contributed by atoms with E-state index in [9.17, 15) is 9.90 Å². The molecule has 3 rings (SSSR count). The molecule has 0 bridgehead atoms. The Labute approximate surface area is 98.3 Å². The van der Waals surface area contributed by atoms with E-state index in [-0.39, 0.29) is 17.5 Å². The molecule has 2 aromatic rings. The monoisotopic (exact) mass is 233 g/mol. The van der Waals surface area contributed by atoms with Gasteiger partial charge in [0, 0.05) is 12.6 Å². The first-order valence-electron chi connectivity index (χ1n) is 5.77. The van der Waals surface area contributed by atoms with Crippen LogP contribution in [0.25, 0.3) is 11.0 Å². The maximum atomic E-state index is 12.0. The standard InChI is InChI=1S/C12H15N3O2/c1-14-5-4-8(7-14)15-11-6-9(16)2-3-10(11)13-12(15)17/h2-3,6,8,16H,4-5,7H2,1H3,(H,13,17). The van der Waals surface area contributed by atoms with Crippen LogP contribution in [0.15, 0.2) is 23.0 Å². The zero-order valence-corrected chi connectivity index (χ0v) is 9.68. The SMILES string of the molecule is CN1CCC(n2c(=O)[nH]c3ccc(O)cc32)C1. The van der Waals surface area contributed by atoms with E-state index in [1.54, 1.807) is 22.8 Å². The Bertz CT molecular complexity index is 614. The van der Waals surface area contributed by atoms with E-state index in [0.717, 1.165) is 30.5 Å². The molecule has 0 amide bonds. The molecule has 5 heteroatoms. The molecule has 17 heavy (non-hydrogen) atoms. The third-order valence-corrected chi connectivity index (χ3v) is 3.43. The van der Waals surface area contributed by atoms with Crippen LogP contribution in [0.3, 0.4) is 0 Å². The van der Waals surface area contributed by atoms with E-state index in [2.05, 4.69) is 16.9 Å². The molecular formula is C12H15N3O2. The number of aromatic hydroxyl groups is 1. The molecule has 0 aliphatic carbocycles. The summed E-state index contributed by atoms with van der Waals surface area (Å²) in [5.74, 6) is 0.191. The highest BCUT2D eigenvalue weighted by Crippen LogP contribution is 2.24. The first-order valence-corrected chi connectivity index (χ1v) is 5.77. The number of imidazole rings is 1. The summed E-state index contributed by atoms with van der Waals surface area (Å²) in [5.41, 5.74) is 1.48. The molecule has 1 saturated heterocycles. The van der Waals surface area contributed by atoms with Gasteiger partial charge >= 0.3 is 5.69 Å². The molecule has 1 aromatic carbocycles. The van der Waals surface area contributed by atoms with Crippen LogP contribution in [0, 0.1) is 0 Å². The van der Waals surface area contributed by atoms with Crippen LogP contribution in [0.2, 0.25) is 0 Å². The Morgan fingerprint density at radius 2 is 2.29 bits per heavy atom. The number of aromatic amines is 1. The summed E-state index contributed by atoms with van der Waals surface area (Å²) in [7, 11) is 2.05. The van der Waals surface area contributed by atoms with Gasteiger partial charge in [-0.1, -0.05) is 0 Å². The number of likely N-dealkylation sites (tertiary alicyclic amines) is 1.